The number of carbonyl (C=O) groups is 2. The molecule has 1 aliphatic carbocycles. The quantitative estimate of drug-likeness (QED) is 0.273. The summed E-state index contributed by atoms with van der Waals surface area (Å²) >= 11 is 0. The molecule has 0 unspecified atom stereocenters. The first-order valence-electron chi connectivity index (χ1n) is 15.0. The van der Waals surface area contributed by atoms with Crippen LogP contribution in [0.25, 0.3) is 0 Å². The molecule has 4 rings (SSSR count). The van der Waals surface area contributed by atoms with Gasteiger partial charge in [0.25, 0.3) is 5.91 Å². The van der Waals surface area contributed by atoms with Crippen molar-refractivity contribution in [2.75, 3.05) is 19.7 Å². The highest BCUT2D eigenvalue weighted by atomic mass is 16.6. The molecule has 1 fully saturated rings. The van der Waals surface area contributed by atoms with Crippen LogP contribution in [0.1, 0.15) is 86.9 Å². The van der Waals surface area contributed by atoms with Crippen LogP contribution in [0.5, 0.6) is 0 Å². The second-order valence-corrected chi connectivity index (χ2v) is 10.8. The van der Waals surface area contributed by atoms with E-state index < -0.39 is 0 Å². The van der Waals surface area contributed by atoms with E-state index in [9.17, 15) is 9.59 Å². The van der Waals surface area contributed by atoms with Crippen LogP contribution in [0, 0.1) is 0 Å². The number of H-pyrrole nitrogens is 2. The van der Waals surface area contributed by atoms with Gasteiger partial charge in [-0.3, -0.25) is 4.79 Å². The number of amides is 2. The van der Waals surface area contributed by atoms with Crippen molar-refractivity contribution in [1.29, 1.82) is 0 Å². The number of imidazole rings is 2. The standard InChI is InChI=1S/C31H45N7O3/c1-4-19-36(20-5-2)26-11-13-27(14-12-26)38(31(40)41-6-3)21-24-7-9-25(10-8-24)30(39)37(22-28-32-15-16-33-28)23-29-34-17-18-35-29/h7-10,15-18,26-27H,4-6,11-14,19-23H2,1-3H3,(H,32,33)(H,34,35). The lowest BCUT2D eigenvalue weighted by molar-refractivity contribution is 0.0613. The highest BCUT2D eigenvalue weighted by Crippen LogP contribution is 2.29. The molecule has 2 aromatic heterocycles. The lowest BCUT2D eigenvalue weighted by Crippen LogP contribution is -2.46. The first-order chi connectivity index (χ1) is 20.0. The Morgan fingerprint density at radius 2 is 1.39 bits per heavy atom. The van der Waals surface area contributed by atoms with E-state index in [1.165, 1.54) is 0 Å². The normalized spacial score (nSPS) is 17.0. The van der Waals surface area contributed by atoms with Crippen LogP contribution in [0.3, 0.4) is 0 Å². The van der Waals surface area contributed by atoms with Crippen LogP contribution < -0.4 is 0 Å². The van der Waals surface area contributed by atoms with E-state index in [2.05, 4.69) is 38.7 Å². The Morgan fingerprint density at radius 1 is 0.829 bits per heavy atom. The van der Waals surface area contributed by atoms with E-state index in [0.29, 0.717) is 49.5 Å². The maximum atomic E-state index is 13.5. The lowest BCUT2D eigenvalue weighted by Gasteiger charge is -2.40. The summed E-state index contributed by atoms with van der Waals surface area (Å²) in [6, 6.07) is 8.28. The van der Waals surface area contributed by atoms with E-state index >= 15 is 0 Å². The fourth-order valence-electron chi connectivity index (χ4n) is 5.80. The van der Waals surface area contributed by atoms with E-state index in [1.54, 1.807) is 29.7 Å². The average molecular weight is 564 g/mol. The molecule has 1 aromatic carbocycles. The van der Waals surface area contributed by atoms with Gasteiger partial charge in [0.1, 0.15) is 11.6 Å². The third-order valence-electron chi connectivity index (χ3n) is 7.78. The highest BCUT2D eigenvalue weighted by molar-refractivity contribution is 5.94. The molecular weight excluding hydrogens is 518 g/mol. The average Bonchev–Trinajstić information content (AvgIpc) is 3.70. The van der Waals surface area contributed by atoms with E-state index in [-0.39, 0.29) is 18.0 Å². The molecule has 41 heavy (non-hydrogen) atoms. The smallest absolute Gasteiger partial charge is 0.410 e. The lowest BCUT2D eigenvalue weighted by atomic mass is 9.88. The number of hydrogen-bond donors (Lipinski definition) is 2. The van der Waals surface area contributed by atoms with Gasteiger partial charge in [0.2, 0.25) is 0 Å². The number of aromatic amines is 2. The molecule has 2 heterocycles. The number of hydrogen-bond acceptors (Lipinski definition) is 6. The maximum absolute atomic E-state index is 13.5. The van der Waals surface area contributed by atoms with Crippen LogP contribution in [-0.4, -0.2) is 78.4 Å². The number of carbonyl (C=O) groups excluding carboxylic acids is 2. The van der Waals surface area contributed by atoms with Gasteiger partial charge in [-0.25, -0.2) is 14.8 Å². The van der Waals surface area contributed by atoms with Crippen molar-refractivity contribution < 1.29 is 14.3 Å². The minimum atomic E-state index is -0.266. The van der Waals surface area contributed by atoms with Gasteiger partial charge < -0.3 is 29.4 Å². The Morgan fingerprint density at radius 3 is 1.88 bits per heavy atom. The largest absolute Gasteiger partial charge is 0.450 e. The Bertz CT molecular complexity index is 1130. The van der Waals surface area contributed by atoms with Crippen molar-refractivity contribution in [1.82, 2.24) is 34.6 Å². The Labute approximate surface area is 243 Å². The zero-order valence-corrected chi connectivity index (χ0v) is 24.7. The van der Waals surface area contributed by atoms with Gasteiger partial charge in [-0.2, -0.15) is 0 Å². The number of nitrogens with one attached hydrogen (secondary N) is 2. The van der Waals surface area contributed by atoms with Gasteiger partial charge in [-0.1, -0.05) is 26.0 Å². The molecule has 0 atom stereocenters. The van der Waals surface area contributed by atoms with Crippen molar-refractivity contribution in [3.63, 3.8) is 0 Å². The molecule has 10 heteroatoms. The molecule has 2 N–H and O–H groups in total. The number of nitrogens with zero attached hydrogens (tertiary/aromatic N) is 5. The number of aromatic nitrogens is 4. The molecular formula is C31H45N7O3. The van der Waals surface area contributed by atoms with Crippen molar-refractivity contribution in [3.8, 4) is 0 Å². The van der Waals surface area contributed by atoms with Crippen molar-refractivity contribution in [3.05, 3.63) is 71.8 Å². The van der Waals surface area contributed by atoms with Gasteiger partial charge in [-0.15, -0.1) is 0 Å². The van der Waals surface area contributed by atoms with Gasteiger partial charge >= 0.3 is 6.09 Å². The summed E-state index contributed by atoms with van der Waals surface area (Å²) in [5.41, 5.74) is 1.54. The molecule has 10 nitrogen and oxygen atoms in total. The van der Waals surface area contributed by atoms with Crippen LogP contribution in [0.15, 0.2) is 49.1 Å². The maximum Gasteiger partial charge on any atom is 0.410 e. The summed E-state index contributed by atoms with van der Waals surface area (Å²) in [7, 11) is 0. The Kier molecular flexibility index (Phi) is 11.4. The second kappa shape index (κ2) is 15.4. The SMILES string of the molecule is CCCN(CCC)C1CCC(N(Cc2ccc(C(=O)N(Cc3ncc[nH]3)Cc3ncc[nH]3)cc2)C(=O)OCC)CC1. The summed E-state index contributed by atoms with van der Waals surface area (Å²) in [4.78, 5) is 47.5. The molecule has 3 aromatic rings. The summed E-state index contributed by atoms with van der Waals surface area (Å²) in [5, 5.41) is 0. The van der Waals surface area contributed by atoms with Crippen LogP contribution in [0.4, 0.5) is 4.79 Å². The number of benzene rings is 1. The van der Waals surface area contributed by atoms with Crippen LogP contribution in [0.2, 0.25) is 0 Å². The molecule has 0 radical (unpaired) electrons. The molecule has 0 spiro atoms. The first kappa shape index (κ1) is 30.3. The summed E-state index contributed by atoms with van der Waals surface area (Å²) in [6.07, 6.45) is 13.0. The fraction of sp³-hybridized carbons (Fsp3) is 0.548. The van der Waals surface area contributed by atoms with Gasteiger partial charge in [0.05, 0.1) is 19.7 Å². The van der Waals surface area contributed by atoms with Crippen molar-refractivity contribution in [2.45, 2.75) is 91.0 Å². The fourth-order valence-corrected chi connectivity index (χ4v) is 5.80. The van der Waals surface area contributed by atoms with Gasteiger partial charge in [-0.05, 0) is 76.2 Å². The Balaban J connectivity index is 1.43. The third-order valence-corrected chi connectivity index (χ3v) is 7.78. The molecule has 0 bridgehead atoms. The van der Waals surface area contributed by atoms with E-state index in [0.717, 1.165) is 57.2 Å². The molecule has 222 valence electrons. The molecule has 1 saturated carbocycles. The van der Waals surface area contributed by atoms with E-state index in [1.807, 2.05) is 36.1 Å². The number of rotatable bonds is 14. The van der Waals surface area contributed by atoms with Gasteiger partial charge in [0.15, 0.2) is 0 Å². The highest BCUT2D eigenvalue weighted by Gasteiger charge is 2.32. The van der Waals surface area contributed by atoms with Crippen LogP contribution >= 0.6 is 0 Å². The third kappa shape index (κ3) is 8.42. The molecule has 1 aliphatic rings. The van der Waals surface area contributed by atoms with Crippen molar-refractivity contribution >= 4 is 12.0 Å². The molecule has 0 saturated heterocycles. The predicted molar refractivity (Wildman–Crippen MR) is 158 cm³/mol. The van der Waals surface area contributed by atoms with E-state index in [4.69, 9.17) is 4.74 Å². The summed E-state index contributed by atoms with van der Waals surface area (Å²) in [5.74, 6) is 1.29. The minimum Gasteiger partial charge on any atom is -0.450 e. The first-order valence-corrected chi connectivity index (χ1v) is 15.0. The Hall–Kier alpha value is -3.66. The summed E-state index contributed by atoms with van der Waals surface area (Å²) < 4.78 is 5.47. The number of ether oxygens (including phenoxy) is 1. The monoisotopic (exact) mass is 563 g/mol. The van der Waals surface area contributed by atoms with Crippen molar-refractivity contribution in [2.24, 2.45) is 0 Å². The summed E-state index contributed by atoms with van der Waals surface area (Å²) in [6.45, 7) is 10.1. The van der Waals surface area contributed by atoms with Gasteiger partial charge in [0, 0.05) is 49.0 Å². The topological polar surface area (TPSA) is 110 Å². The minimum absolute atomic E-state index is 0.117. The predicted octanol–water partition coefficient (Wildman–Crippen LogP) is 5.37. The zero-order valence-electron chi connectivity index (χ0n) is 24.7. The molecule has 0 aliphatic heterocycles. The van der Waals surface area contributed by atoms with Crippen LogP contribution in [-0.2, 0) is 24.4 Å². The molecule has 2 amide bonds. The zero-order chi connectivity index (χ0) is 29.0. The second-order valence-electron chi connectivity index (χ2n) is 10.8.